The van der Waals surface area contributed by atoms with Crippen LogP contribution in [0.15, 0.2) is 144 Å². The zero-order chi connectivity index (χ0) is 42.1. The van der Waals surface area contributed by atoms with Gasteiger partial charge in [-0.15, -0.1) is 18.2 Å². The number of nitrogens with zero attached hydrogens (tertiary/aromatic N) is 3. The van der Waals surface area contributed by atoms with Gasteiger partial charge in [-0.05, 0) is 64.4 Å². The molecule has 61 heavy (non-hydrogen) atoms. The van der Waals surface area contributed by atoms with Gasteiger partial charge in [-0.25, -0.2) is 0 Å². The van der Waals surface area contributed by atoms with E-state index < -0.39 is 13.3 Å². The maximum Gasteiger partial charge on any atom is 0.120 e. The largest absolute Gasteiger partial charge is 0.501 e. The molecule has 0 aliphatic carbocycles. The molecule has 4 nitrogen and oxygen atoms in total. The molecule has 1 radical (unpaired) electrons. The predicted octanol–water partition coefficient (Wildman–Crippen LogP) is 14.6. The van der Waals surface area contributed by atoms with Crippen LogP contribution in [0.4, 0.5) is 0 Å². The first-order chi connectivity index (χ1) is 28.9. The van der Waals surface area contributed by atoms with Crippen molar-refractivity contribution in [3.05, 3.63) is 168 Å². The Kier molecular flexibility index (Phi) is 13.3. The van der Waals surface area contributed by atoms with Gasteiger partial charge in [-0.3, -0.25) is 4.98 Å². The summed E-state index contributed by atoms with van der Waals surface area (Å²) >= 11 is -1.86. The number of hydrogen-bond acceptors (Lipinski definition) is 3. The minimum absolute atomic E-state index is 0. The second kappa shape index (κ2) is 18.5. The van der Waals surface area contributed by atoms with E-state index in [1.165, 1.54) is 33.5 Å². The van der Waals surface area contributed by atoms with Crippen LogP contribution in [0.2, 0.25) is 17.3 Å². The third kappa shape index (κ3) is 9.12. The molecule has 0 spiro atoms. The zero-order valence-electron chi connectivity index (χ0n) is 36.8. The summed E-state index contributed by atoms with van der Waals surface area (Å²) in [6, 6.07) is 53.3. The Labute approximate surface area is 378 Å². The topological polar surface area (TPSA) is 43.9 Å². The second-order valence-corrected chi connectivity index (χ2v) is 28.6. The number of fused-ring (bicyclic) bond motifs is 4. The molecule has 0 atom stereocenters. The summed E-state index contributed by atoms with van der Waals surface area (Å²) in [5, 5.41) is 2.18. The number of rotatable bonds is 9. The Bertz CT molecular complexity index is 2890. The smallest absolute Gasteiger partial charge is 0.120 e. The average molecular weight is 1040 g/mol. The molecule has 3 aromatic heterocycles. The Morgan fingerprint density at radius 1 is 0.672 bits per heavy atom. The van der Waals surface area contributed by atoms with Crippen LogP contribution in [0.3, 0.4) is 0 Å². The molecule has 9 rings (SSSR count). The van der Waals surface area contributed by atoms with Gasteiger partial charge in [0.2, 0.25) is 0 Å². The summed E-state index contributed by atoms with van der Waals surface area (Å²) in [4.78, 5) is 9.93. The molecule has 0 aliphatic rings. The molecule has 0 bridgehead atoms. The molecule has 311 valence electrons. The van der Waals surface area contributed by atoms with E-state index in [4.69, 9.17) is 14.4 Å². The number of hydrogen-bond donors (Lipinski definition) is 0. The molecule has 0 N–H and O–H groups in total. The molecule has 0 unspecified atom stereocenters. The van der Waals surface area contributed by atoms with Gasteiger partial charge in [0.15, 0.2) is 0 Å². The molecule has 9 aromatic rings. The van der Waals surface area contributed by atoms with E-state index in [-0.39, 0.29) is 20.1 Å². The molecule has 3 heterocycles. The van der Waals surface area contributed by atoms with E-state index in [1.807, 2.05) is 36.4 Å². The van der Waals surface area contributed by atoms with Crippen molar-refractivity contribution >= 4 is 50.6 Å². The van der Waals surface area contributed by atoms with Crippen LogP contribution < -0.4 is 4.40 Å². The molecular weight excluding hydrogens is 983 g/mol. The molecule has 0 amide bonds. The van der Waals surface area contributed by atoms with Crippen molar-refractivity contribution in [3.63, 3.8) is 0 Å². The summed E-state index contributed by atoms with van der Waals surface area (Å²) in [6.07, 6.45) is 3.27. The monoisotopic (exact) mass is 1040 g/mol. The standard InChI is InChI=1S/C37H31N2O.C18H24GeN.Ir/c1-23(2)30-21-26(25-13-6-5-7-14-25)22-31(24(3)4)35(30)39-33-19-10-9-18-32(33)38-37(39)29-17-12-16-28-27-15-8-11-20-34(27)40-36(28)29;1-14(2)11-16-12-18(15-9-7-6-8-10-15)20-13-17(16)19(3,4)5;/h5-16,18-24H,1-4H3;6-9,12-14H,11H2,1-5H3;/q2*-1;. The van der Waals surface area contributed by atoms with Crippen molar-refractivity contribution in [1.29, 1.82) is 0 Å². The fourth-order valence-corrected chi connectivity index (χ4v) is 11.7. The van der Waals surface area contributed by atoms with E-state index >= 15 is 0 Å². The van der Waals surface area contributed by atoms with Crippen molar-refractivity contribution in [2.45, 2.75) is 77.1 Å². The molecular formula is C55H55GeIrN3O-2. The minimum Gasteiger partial charge on any atom is -0.501 e. The fourth-order valence-electron chi connectivity index (χ4n) is 8.37. The van der Waals surface area contributed by atoms with Crippen molar-refractivity contribution in [2.75, 3.05) is 0 Å². The van der Waals surface area contributed by atoms with Crippen LogP contribution >= 0.6 is 0 Å². The van der Waals surface area contributed by atoms with Gasteiger partial charge in [0.25, 0.3) is 0 Å². The van der Waals surface area contributed by atoms with Crippen LogP contribution in [0.1, 0.15) is 70.1 Å². The third-order valence-corrected chi connectivity index (χ3v) is 15.6. The van der Waals surface area contributed by atoms with Gasteiger partial charge in [-0.2, -0.15) is 0 Å². The Morgan fingerprint density at radius 2 is 1.34 bits per heavy atom. The summed E-state index contributed by atoms with van der Waals surface area (Å²) in [6.45, 7) is 13.7. The number of furan rings is 1. The molecule has 0 aliphatic heterocycles. The maximum absolute atomic E-state index is 6.47. The van der Waals surface area contributed by atoms with Crippen molar-refractivity contribution in [3.8, 4) is 39.5 Å². The van der Waals surface area contributed by atoms with E-state index in [0.717, 1.165) is 62.0 Å². The normalized spacial score (nSPS) is 11.7. The number of aromatic nitrogens is 3. The Hall–Kier alpha value is -5.07. The molecule has 0 saturated carbocycles. The number of para-hydroxylation sites is 3. The van der Waals surface area contributed by atoms with E-state index in [2.05, 4.69) is 179 Å². The fraction of sp³-hybridized carbons (Fsp3) is 0.236. The molecule has 6 aromatic carbocycles. The Balaban J connectivity index is 0.000000226. The van der Waals surface area contributed by atoms with Gasteiger partial charge in [0.05, 0.1) is 22.4 Å². The van der Waals surface area contributed by atoms with Gasteiger partial charge < -0.3 is 8.98 Å². The van der Waals surface area contributed by atoms with Crippen LogP contribution in [0.25, 0.3) is 72.4 Å². The summed E-state index contributed by atoms with van der Waals surface area (Å²) in [5.41, 5.74) is 14.5. The van der Waals surface area contributed by atoms with Gasteiger partial charge >= 0.3 is 126 Å². The summed E-state index contributed by atoms with van der Waals surface area (Å²) in [5.74, 6) is 9.45. The Morgan fingerprint density at radius 3 is 2.02 bits per heavy atom. The van der Waals surface area contributed by atoms with Gasteiger partial charge in [-0.1, -0.05) is 99.3 Å². The molecule has 0 saturated heterocycles. The van der Waals surface area contributed by atoms with Crippen LogP contribution in [0, 0.1) is 18.1 Å². The third-order valence-electron chi connectivity index (χ3n) is 11.3. The summed E-state index contributed by atoms with van der Waals surface area (Å²) in [7, 11) is 0. The number of imidazole rings is 1. The van der Waals surface area contributed by atoms with Crippen LogP contribution in [0.5, 0.6) is 0 Å². The van der Waals surface area contributed by atoms with E-state index in [1.54, 1.807) is 4.40 Å². The van der Waals surface area contributed by atoms with Crippen LogP contribution in [-0.2, 0) is 26.5 Å². The first-order valence-electron chi connectivity index (χ1n) is 21.4. The summed E-state index contributed by atoms with van der Waals surface area (Å²) < 4.78 is 10.4. The first kappa shape index (κ1) is 44.0. The number of benzene rings is 6. The minimum atomic E-state index is -1.86. The predicted molar refractivity (Wildman–Crippen MR) is 256 cm³/mol. The zero-order valence-corrected chi connectivity index (χ0v) is 41.3. The van der Waals surface area contributed by atoms with Crippen molar-refractivity contribution in [2.24, 2.45) is 5.92 Å². The molecule has 0 fully saturated rings. The molecule has 6 heteroatoms. The second-order valence-electron chi connectivity index (χ2n) is 18.0. The van der Waals surface area contributed by atoms with Gasteiger partial charge in [0.1, 0.15) is 5.58 Å². The van der Waals surface area contributed by atoms with Crippen molar-refractivity contribution in [1.82, 2.24) is 14.5 Å². The van der Waals surface area contributed by atoms with E-state index in [0.29, 0.717) is 17.8 Å². The maximum atomic E-state index is 6.47. The quantitative estimate of drug-likeness (QED) is 0.107. The van der Waals surface area contributed by atoms with E-state index in [9.17, 15) is 0 Å². The average Bonchev–Trinajstić information content (AvgIpc) is 3.82. The van der Waals surface area contributed by atoms with Gasteiger partial charge in [0, 0.05) is 31.2 Å². The first-order valence-corrected chi connectivity index (χ1v) is 28.7. The SMILES string of the molecule is CC(C)Cc1cc(-c2[c-]cccc2)nc[c]1[Ge]([CH3])([CH3])[CH3].CC(C)c1cc(-c2ccccc2)cc(C(C)C)c1-n1c(-c2[c-]ccc3c2oc2ccccc23)nc2ccccc21.[Ir]. The van der Waals surface area contributed by atoms with Crippen molar-refractivity contribution < 1.29 is 24.5 Å². The van der Waals surface area contributed by atoms with Crippen LogP contribution in [-0.4, -0.2) is 27.8 Å². The number of pyridine rings is 1.